The van der Waals surface area contributed by atoms with Gasteiger partial charge in [-0.05, 0) is 42.0 Å². The number of amides is 1. The molecule has 0 aliphatic rings. The van der Waals surface area contributed by atoms with Gasteiger partial charge in [-0.3, -0.25) is 4.79 Å². The second-order valence-corrected chi connectivity index (χ2v) is 5.12. The van der Waals surface area contributed by atoms with Crippen molar-refractivity contribution < 1.29 is 23.4 Å². The SMILES string of the molecule is O=C(NCC(O)c1ccc(Cl)cc1)c1ccc(OC(F)F)cc1. The van der Waals surface area contributed by atoms with Crippen LogP contribution in [0.4, 0.5) is 8.78 Å². The number of alkyl halides is 2. The van der Waals surface area contributed by atoms with Gasteiger partial charge in [0.25, 0.3) is 5.91 Å². The van der Waals surface area contributed by atoms with Crippen LogP contribution in [-0.4, -0.2) is 24.2 Å². The van der Waals surface area contributed by atoms with Crippen LogP contribution >= 0.6 is 11.6 Å². The largest absolute Gasteiger partial charge is 0.435 e. The van der Waals surface area contributed by atoms with Gasteiger partial charge >= 0.3 is 6.61 Å². The van der Waals surface area contributed by atoms with E-state index in [2.05, 4.69) is 10.1 Å². The van der Waals surface area contributed by atoms with Crippen molar-refractivity contribution in [2.75, 3.05) is 6.54 Å². The maximum Gasteiger partial charge on any atom is 0.387 e. The van der Waals surface area contributed by atoms with Crippen LogP contribution < -0.4 is 10.1 Å². The number of hydrogen-bond acceptors (Lipinski definition) is 3. The summed E-state index contributed by atoms with van der Waals surface area (Å²) in [4.78, 5) is 11.9. The molecule has 1 unspecified atom stereocenters. The number of benzene rings is 2. The fourth-order valence-electron chi connectivity index (χ4n) is 1.88. The lowest BCUT2D eigenvalue weighted by atomic mass is 10.1. The van der Waals surface area contributed by atoms with Gasteiger partial charge in [-0.15, -0.1) is 0 Å². The molecule has 2 N–H and O–H groups in total. The van der Waals surface area contributed by atoms with Crippen molar-refractivity contribution in [2.24, 2.45) is 0 Å². The third-order valence-corrected chi connectivity index (χ3v) is 3.30. The maximum absolute atomic E-state index is 12.0. The van der Waals surface area contributed by atoms with Crippen LogP contribution in [0.15, 0.2) is 48.5 Å². The van der Waals surface area contributed by atoms with Crippen LogP contribution in [0.2, 0.25) is 5.02 Å². The minimum Gasteiger partial charge on any atom is -0.435 e. The van der Waals surface area contributed by atoms with Crippen LogP contribution in [-0.2, 0) is 0 Å². The first-order valence-corrected chi connectivity index (χ1v) is 7.10. The molecule has 2 aromatic carbocycles. The Hall–Kier alpha value is -2.18. The van der Waals surface area contributed by atoms with Crippen LogP contribution in [0.1, 0.15) is 22.0 Å². The first-order valence-electron chi connectivity index (χ1n) is 6.72. The van der Waals surface area contributed by atoms with Crippen LogP contribution in [0, 0.1) is 0 Å². The van der Waals surface area contributed by atoms with E-state index in [1.807, 2.05) is 0 Å². The molecule has 0 fully saturated rings. The van der Waals surface area contributed by atoms with Gasteiger partial charge in [0.15, 0.2) is 0 Å². The first-order chi connectivity index (χ1) is 11.0. The van der Waals surface area contributed by atoms with Crippen molar-refractivity contribution in [3.63, 3.8) is 0 Å². The summed E-state index contributed by atoms with van der Waals surface area (Å²) < 4.78 is 28.3. The molecular weight excluding hydrogens is 328 g/mol. The second-order valence-electron chi connectivity index (χ2n) is 4.68. The molecule has 0 radical (unpaired) electrons. The van der Waals surface area contributed by atoms with E-state index < -0.39 is 18.6 Å². The van der Waals surface area contributed by atoms with Gasteiger partial charge in [-0.2, -0.15) is 8.78 Å². The number of rotatable bonds is 6. The molecule has 0 aliphatic heterocycles. The van der Waals surface area contributed by atoms with E-state index in [0.29, 0.717) is 10.6 Å². The molecule has 0 aliphatic carbocycles. The van der Waals surface area contributed by atoms with E-state index in [1.165, 1.54) is 24.3 Å². The first kappa shape index (κ1) is 17.2. The summed E-state index contributed by atoms with van der Waals surface area (Å²) in [6.45, 7) is -2.90. The van der Waals surface area contributed by atoms with Crippen LogP contribution in [0.3, 0.4) is 0 Å². The number of aliphatic hydroxyl groups excluding tert-OH is 1. The molecule has 0 heterocycles. The number of nitrogens with one attached hydrogen (secondary N) is 1. The highest BCUT2D eigenvalue weighted by molar-refractivity contribution is 6.30. The van der Waals surface area contributed by atoms with E-state index in [-0.39, 0.29) is 17.9 Å². The number of halogens is 3. The third-order valence-electron chi connectivity index (χ3n) is 3.05. The number of hydrogen-bond donors (Lipinski definition) is 2. The summed E-state index contributed by atoms with van der Waals surface area (Å²) in [5.74, 6) is -0.459. The van der Waals surface area contributed by atoms with Crippen molar-refractivity contribution in [2.45, 2.75) is 12.7 Å². The normalized spacial score (nSPS) is 12.0. The van der Waals surface area contributed by atoms with Crippen molar-refractivity contribution in [1.82, 2.24) is 5.32 Å². The highest BCUT2D eigenvalue weighted by Gasteiger charge is 2.11. The molecule has 1 amide bonds. The molecule has 4 nitrogen and oxygen atoms in total. The average Bonchev–Trinajstić information content (AvgIpc) is 2.53. The van der Waals surface area contributed by atoms with Gasteiger partial charge in [-0.1, -0.05) is 23.7 Å². The summed E-state index contributed by atoms with van der Waals surface area (Å²) in [6.07, 6.45) is -0.877. The molecule has 0 saturated carbocycles. The third kappa shape index (κ3) is 5.19. The molecule has 0 saturated heterocycles. The Labute approximate surface area is 136 Å². The summed E-state index contributed by atoms with van der Waals surface area (Å²) in [5, 5.41) is 13.1. The molecule has 23 heavy (non-hydrogen) atoms. The number of carbonyl (C=O) groups is 1. The quantitative estimate of drug-likeness (QED) is 0.846. The molecule has 0 spiro atoms. The zero-order valence-electron chi connectivity index (χ0n) is 11.9. The average molecular weight is 342 g/mol. The Kier molecular flexibility index (Phi) is 5.90. The smallest absolute Gasteiger partial charge is 0.387 e. The minimum absolute atomic E-state index is 0.00967. The Morgan fingerprint density at radius 3 is 2.30 bits per heavy atom. The molecule has 2 rings (SSSR count). The maximum atomic E-state index is 12.0. The molecule has 7 heteroatoms. The van der Waals surface area contributed by atoms with Crippen LogP contribution in [0.5, 0.6) is 5.75 Å². The lowest BCUT2D eigenvalue weighted by molar-refractivity contribution is -0.0498. The van der Waals surface area contributed by atoms with E-state index in [9.17, 15) is 18.7 Å². The van der Waals surface area contributed by atoms with Crippen molar-refractivity contribution >= 4 is 17.5 Å². The van der Waals surface area contributed by atoms with E-state index >= 15 is 0 Å². The molecule has 0 aromatic heterocycles. The highest BCUT2D eigenvalue weighted by Crippen LogP contribution is 2.17. The zero-order chi connectivity index (χ0) is 16.8. The van der Waals surface area contributed by atoms with Crippen molar-refractivity contribution in [3.8, 4) is 5.75 Å². The molecule has 1 atom stereocenters. The Bertz CT molecular complexity index is 647. The lowest BCUT2D eigenvalue weighted by Crippen LogP contribution is -2.28. The van der Waals surface area contributed by atoms with Gasteiger partial charge in [0, 0.05) is 17.1 Å². The number of ether oxygens (including phenoxy) is 1. The van der Waals surface area contributed by atoms with Gasteiger partial charge in [0.05, 0.1) is 6.10 Å². The second kappa shape index (κ2) is 7.89. The van der Waals surface area contributed by atoms with Gasteiger partial charge < -0.3 is 15.2 Å². The summed E-state index contributed by atoms with van der Waals surface area (Å²) in [7, 11) is 0. The highest BCUT2D eigenvalue weighted by atomic mass is 35.5. The summed E-state index contributed by atoms with van der Waals surface area (Å²) in [5.41, 5.74) is 0.894. The molecule has 122 valence electrons. The van der Waals surface area contributed by atoms with Crippen molar-refractivity contribution in [3.05, 3.63) is 64.7 Å². The predicted molar refractivity (Wildman–Crippen MR) is 81.8 cm³/mol. The minimum atomic E-state index is -2.91. The van der Waals surface area contributed by atoms with Gasteiger partial charge in [-0.25, -0.2) is 0 Å². The molecule has 0 bridgehead atoms. The van der Waals surface area contributed by atoms with Crippen molar-refractivity contribution in [1.29, 1.82) is 0 Å². The van der Waals surface area contributed by atoms with Gasteiger partial charge in [0.2, 0.25) is 0 Å². The molecule has 2 aromatic rings. The number of carbonyl (C=O) groups excluding carboxylic acids is 1. The Morgan fingerprint density at radius 2 is 1.74 bits per heavy atom. The van der Waals surface area contributed by atoms with E-state index in [0.717, 1.165) is 0 Å². The van der Waals surface area contributed by atoms with E-state index in [1.54, 1.807) is 24.3 Å². The zero-order valence-corrected chi connectivity index (χ0v) is 12.6. The summed E-state index contributed by atoms with van der Waals surface area (Å²) in [6, 6.07) is 11.9. The number of aliphatic hydroxyl groups is 1. The Morgan fingerprint density at radius 1 is 1.13 bits per heavy atom. The van der Waals surface area contributed by atoms with E-state index in [4.69, 9.17) is 11.6 Å². The lowest BCUT2D eigenvalue weighted by Gasteiger charge is -2.12. The van der Waals surface area contributed by atoms with Gasteiger partial charge in [0.1, 0.15) is 5.75 Å². The monoisotopic (exact) mass is 341 g/mol. The fraction of sp³-hybridized carbons (Fsp3) is 0.188. The molecular formula is C16H14ClF2NO3. The van der Waals surface area contributed by atoms with Crippen LogP contribution in [0.25, 0.3) is 0 Å². The topological polar surface area (TPSA) is 58.6 Å². The predicted octanol–water partition coefficient (Wildman–Crippen LogP) is 3.40. The summed E-state index contributed by atoms with van der Waals surface area (Å²) >= 11 is 5.76. The standard InChI is InChI=1S/C16H14ClF2NO3/c17-12-5-1-10(2-6-12)14(21)9-20-15(22)11-3-7-13(8-4-11)23-16(18)19/h1-8,14,16,21H,9H2,(H,20,22). The fourth-order valence-corrected chi connectivity index (χ4v) is 2.01. The Balaban J connectivity index is 1.90.